The number of rotatable bonds is 5. The molecule has 0 spiro atoms. The average molecular weight is 273 g/mol. The predicted molar refractivity (Wildman–Crippen MR) is 76.5 cm³/mol. The molecule has 1 aromatic carbocycles. The molecule has 4 nitrogen and oxygen atoms in total. The summed E-state index contributed by atoms with van der Waals surface area (Å²) in [6, 6.07) is 11.9. The van der Waals surface area contributed by atoms with Crippen LogP contribution in [0.3, 0.4) is 0 Å². The molecule has 1 atom stereocenters. The summed E-state index contributed by atoms with van der Waals surface area (Å²) < 4.78 is 10.0. The summed E-state index contributed by atoms with van der Waals surface area (Å²) in [5.41, 5.74) is 2.51. The molecule has 106 valence electrons. The molecule has 2 aromatic rings. The number of aryl methyl sites for hydroxylation is 1. The van der Waals surface area contributed by atoms with Gasteiger partial charge in [0.2, 0.25) is 5.76 Å². The van der Waals surface area contributed by atoms with E-state index in [0.717, 1.165) is 0 Å². The Morgan fingerprint density at radius 2 is 2.05 bits per heavy atom. The lowest BCUT2D eigenvalue weighted by Crippen LogP contribution is -2.18. The van der Waals surface area contributed by atoms with Gasteiger partial charge in [-0.25, -0.2) is 4.79 Å². The minimum atomic E-state index is -0.455. The van der Waals surface area contributed by atoms with Gasteiger partial charge in [0.15, 0.2) is 0 Å². The first kappa shape index (κ1) is 14.3. The normalized spacial score (nSPS) is 12.2. The third-order valence-corrected chi connectivity index (χ3v) is 3.29. The summed E-state index contributed by atoms with van der Waals surface area (Å²) >= 11 is 0. The zero-order valence-electron chi connectivity index (χ0n) is 12.0. The van der Waals surface area contributed by atoms with Crippen LogP contribution in [0.2, 0.25) is 0 Å². The van der Waals surface area contributed by atoms with Gasteiger partial charge in [-0.2, -0.15) is 0 Å². The van der Waals surface area contributed by atoms with Crippen molar-refractivity contribution in [3.63, 3.8) is 0 Å². The van der Waals surface area contributed by atoms with E-state index in [9.17, 15) is 4.79 Å². The molecule has 0 saturated heterocycles. The first-order chi connectivity index (χ1) is 9.61. The third kappa shape index (κ3) is 3.27. The molecule has 0 aliphatic rings. The number of benzene rings is 1. The fraction of sp³-hybridized carbons (Fsp3) is 0.312. The van der Waals surface area contributed by atoms with Crippen molar-refractivity contribution in [2.75, 3.05) is 7.11 Å². The average Bonchev–Trinajstić information content (AvgIpc) is 2.93. The van der Waals surface area contributed by atoms with Crippen LogP contribution >= 0.6 is 0 Å². The monoisotopic (exact) mass is 273 g/mol. The van der Waals surface area contributed by atoms with Crippen molar-refractivity contribution in [3.8, 4) is 0 Å². The van der Waals surface area contributed by atoms with Gasteiger partial charge < -0.3 is 14.5 Å². The number of carbonyl (C=O) groups excluding carboxylic acids is 1. The Morgan fingerprint density at radius 1 is 1.30 bits per heavy atom. The van der Waals surface area contributed by atoms with Gasteiger partial charge >= 0.3 is 5.97 Å². The molecule has 1 N–H and O–H groups in total. The quantitative estimate of drug-likeness (QED) is 0.850. The first-order valence-corrected chi connectivity index (χ1v) is 6.57. The molecule has 0 aliphatic carbocycles. The van der Waals surface area contributed by atoms with Gasteiger partial charge in [0.05, 0.1) is 13.7 Å². The molecular weight excluding hydrogens is 254 g/mol. The highest BCUT2D eigenvalue weighted by molar-refractivity contribution is 5.86. The van der Waals surface area contributed by atoms with E-state index in [-0.39, 0.29) is 11.8 Å². The van der Waals surface area contributed by atoms with E-state index in [4.69, 9.17) is 4.42 Å². The van der Waals surface area contributed by atoms with Crippen molar-refractivity contribution >= 4 is 5.97 Å². The number of hydrogen-bond acceptors (Lipinski definition) is 4. The largest absolute Gasteiger partial charge is 0.463 e. The molecule has 0 fully saturated rings. The van der Waals surface area contributed by atoms with Crippen LogP contribution in [-0.2, 0) is 11.3 Å². The Bertz CT molecular complexity index is 589. The molecule has 0 aliphatic heterocycles. The molecule has 0 radical (unpaired) electrons. The number of furan rings is 1. The second kappa shape index (κ2) is 6.39. The van der Waals surface area contributed by atoms with Crippen molar-refractivity contribution in [3.05, 3.63) is 59.0 Å². The summed E-state index contributed by atoms with van der Waals surface area (Å²) in [5.74, 6) is 0.488. The predicted octanol–water partition coefficient (Wildman–Crippen LogP) is 3.23. The van der Waals surface area contributed by atoms with Crippen LogP contribution in [-0.4, -0.2) is 13.1 Å². The minimum Gasteiger partial charge on any atom is -0.463 e. The highest BCUT2D eigenvalue weighted by atomic mass is 16.5. The fourth-order valence-corrected chi connectivity index (χ4v) is 2.12. The highest BCUT2D eigenvalue weighted by Crippen LogP contribution is 2.17. The van der Waals surface area contributed by atoms with Crippen LogP contribution < -0.4 is 5.32 Å². The Morgan fingerprint density at radius 3 is 2.75 bits per heavy atom. The Labute approximate surface area is 118 Å². The third-order valence-electron chi connectivity index (χ3n) is 3.29. The summed E-state index contributed by atoms with van der Waals surface area (Å²) in [6.45, 7) is 4.76. The van der Waals surface area contributed by atoms with Gasteiger partial charge in [-0.15, -0.1) is 0 Å². The number of carbonyl (C=O) groups is 1. The standard InChI is InChI=1S/C16H19NO3/c1-11-6-4-5-7-14(11)12(2)17-10-13-8-9-15(20-13)16(18)19-3/h4-9,12,17H,10H2,1-3H3/t12-/m0/s1. The van der Waals surface area contributed by atoms with Gasteiger partial charge in [-0.3, -0.25) is 0 Å². The van der Waals surface area contributed by atoms with Crippen LogP contribution in [0.4, 0.5) is 0 Å². The molecule has 0 bridgehead atoms. The first-order valence-electron chi connectivity index (χ1n) is 6.57. The number of esters is 1. The molecule has 0 unspecified atom stereocenters. The molecule has 20 heavy (non-hydrogen) atoms. The smallest absolute Gasteiger partial charge is 0.373 e. The van der Waals surface area contributed by atoms with Crippen LogP contribution in [0.15, 0.2) is 40.8 Å². The Hall–Kier alpha value is -2.07. The minimum absolute atomic E-state index is 0.211. The van der Waals surface area contributed by atoms with E-state index in [0.29, 0.717) is 12.3 Å². The van der Waals surface area contributed by atoms with Gasteiger partial charge in [0.1, 0.15) is 5.76 Å². The lowest BCUT2D eigenvalue weighted by molar-refractivity contribution is 0.0563. The molecular formula is C16H19NO3. The molecule has 1 aromatic heterocycles. The summed E-state index contributed by atoms with van der Waals surface area (Å²) in [4.78, 5) is 11.3. The van der Waals surface area contributed by atoms with E-state index < -0.39 is 5.97 Å². The van der Waals surface area contributed by atoms with Crippen LogP contribution in [0, 0.1) is 6.92 Å². The van der Waals surface area contributed by atoms with Gasteiger partial charge in [0.25, 0.3) is 0 Å². The van der Waals surface area contributed by atoms with Crippen molar-refractivity contribution in [1.29, 1.82) is 0 Å². The highest BCUT2D eigenvalue weighted by Gasteiger charge is 2.12. The van der Waals surface area contributed by atoms with E-state index in [1.807, 2.05) is 12.1 Å². The van der Waals surface area contributed by atoms with Crippen molar-refractivity contribution in [1.82, 2.24) is 5.32 Å². The maximum Gasteiger partial charge on any atom is 0.373 e. The van der Waals surface area contributed by atoms with Gasteiger partial charge in [-0.1, -0.05) is 24.3 Å². The molecule has 2 rings (SSSR count). The van der Waals surface area contributed by atoms with Gasteiger partial charge in [0, 0.05) is 6.04 Å². The second-order valence-corrected chi connectivity index (χ2v) is 4.72. The topological polar surface area (TPSA) is 51.5 Å². The number of methoxy groups -OCH3 is 1. The van der Waals surface area contributed by atoms with E-state index in [2.05, 4.69) is 36.0 Å². The molecule has 1 heterocycles. The van der Waals surface area contributed by atoms with Crippen LogP contribution in [0.25, 0.3) is 0 Å². The van der Waals surface area contributed by atoms with Crippen LogP contribution in [0.5, 0.6) is 0 Å². The summed E-state index contributed by atoms with van der Waals surface area (Å²) in [6.07, 6.45) is 0. The summed E-state index contributed by atoms with van der Waals surface area (Å²) in [5, 5.41) is 3.38. The maximum atomic E-state index is 11.3. The number of hydrogen-bond donors (Lipinski definition) is 1. The summed E-state index contributed by atoms with van der Waals surface area (Å²) in [7, 11) is 1.34. The van der Waals surface area contributed by atoms with E-state index in [1.165, 1.54) is 18.2 Å². The lowest BCUT2D eigenvalue weighted by atomic mass is 10.0. The second-order valence-electron chi connectivity index (χ2n) is 4.72. The number of ether oxygens (including phenoxy) is 1. The number of nitrogens with one attached hydrogen (secondary N) is 1. The lowest BCUT2D eigenvalue weighted by Gasteiger charge is -2.15. The maximum absolute atomic E-state index is 11.3. The zero-order chi connectivity index (χ0) is 14.5. The van der Waals surface area contributed by atoms with E-state index >= 15 is 0 Å². The van der Waals surface area contributed by atoms with Crippen molar-refractivity contribution in [2.24, 2.45) is 0 Å². The van der Waals surface area contributed by atoms with Crippen molar-refractivity contribution < 1.29 is 13.9 Å². The van der Waals surface area contributed by atoms with E-state index in [1.54, 1.807) is 12.1 Å². The Kier molecular flexibility index (Phi) is 4.58. The van der Waals surface area contributed by atoms with Gasteiger partial charge in [-0.05, 0) is 37.1 Å². The Balaban J connectivity index is 1.97. The zero-order valence-corrected chi connectivity index (χ0v) is 12.0. The molecule has 4 heteroatoms. The fourth-order valence-electron chi connectivity index (χ4n) is 2.12. The van der Waals surface area contributed by atoms with Crippen molar-refractivity contribution in [2.45, 2.75) is 26.4 Å². The van der Waals surface area contributed by atoms with Crippen LogP contribution in [0.1, 0.15) is 40.4 Å². The molecule has 0 saturated carbocycles. The SMILES string of the molecule is COC(=O)c1ccc(CN[C@@H](C)c2ccccc2C)o1. The molecule has 0 amide bonds.